The summed E-state index contributed by atoms with van der Waals surface area (Å²) >= 11 is 0. The first-order chi connectivity index (χ1) is 11.8. The molecule has 3 rings (SSSR count). The predicted octanol–water partition coefficient (Wildman–Crippen LogP) is 3.10. The number of aromatic nitrogens is 2. The SMILES string of the molecule is CCNC(=O)c1cccc(CNc2noc(-c3ccccc3)n2)c1. The van der Waals surface area contributed by atoms with Crippen LogP contribution in [0.15, 0.2) is 59.1 Å². The quantitative estimate of drug-likeness (QED) is 0.729. The number of hydrogen-bond donors (Lipinski definition) is 2. The van der Waals surface area contributed by atoms with Gasteiger partial charge in [-0.25, -0.2) is 0 Å². The average Bonchev–Trinajstić information content (AvgIpc) is 3.10. The van der Waals surface area contributed by atoms with E-state index in [1.807, 2.05) is 55.5 Å². The maximum absolute atomic E-state index is 11.9. The Hall–Kier alpha value is -3.15. The fraction of sp³-hybridized carbons (Fsp3) is 0.167. The lowest BCUT2D eigenvalue weighted by Gasteiger charge is -2.05. The van der Waals surface area contributed by atoms with Gasteiger partial charge in [-0.1, -0.05) is 30.3 Å². The van der Waals surface area contributed by atoms with Crippen molar-refractivity contribution in [1.82, 2.24) is 15.5 Å². The summed E-state index contributed by atoms with van der Waals surface area (Å²) in [6.07, 6.45) is 0. The van der Waals surface area contributed by atoms with E-state index in [0.717, 1.165) is 11.1 Å². The van der Waals surface area contributed by atoms with E-state index in [-0.39, 0.29) is 5.91 Å². The van der Waals surface area contributed by atoms with Crippen LogP contribution in [-0.4, -0.2) is 22.6 Å². The summed E-state index contributed by atoms with van der Waals surface area (Å²) in [7, 11) is 0. The Morgan fingerprint density at radius 3 is 2.75 bits per heavy atom. The van der Waals surface area contributed by atoms with Gasteiger partial charge in [0.1, 0.15) is 0 Å². The highest BCUT2D eigenvalue weighted by atomic mass is 16.5. The van der Waals surface area contributed by atoms with Crippen molar-refractivity contribution >= 4 is 11.9 Å². The number of nitrogens with one attached hydrogen (secondary N) is 2. The predicted molar refractivity (Wildman–Crippen MR) is 91.5 cm³/mol. The molecule has 1 amide bonds. The number of carbonyl (C=O) groups excluding carboxylic acids is 1. The molecule has 1 heterocycles. The van der Waals surface area contributed by atoms with Crippen LogP contribution in [0.25, 0.3) is 11.5 Å². The molecule has 122 valence electrons. The van der Waals surface area contributed by atoms with Crippen molar-refractivity contribution < 1.29 is 9.32 Å². The number of carbonyl (C=O) groups is 1. The van der Waals surface area contributed by atoms with Gasteiger partial charge in [-0.15, -0.1) is 0 Å². The molecule has 0 aliphatic heterocycles. The molecule has 3 aromatic rings. The van der Waals surface area contributed by atoms with Gasteiger partial charge in [0.05, 0.1) is 0 Å². The molecule has 2 N–H and O–H groups in total. The molecule has 0 spiro atoms. The molecule has 0 aliphatic carbocycles. The van der Waals surface area contributed by atoms with Gasteiger partial charge in [-0.05, 0) is 41.9 Å². The Morgan fingerprint density at radius 2 is 1.96 bits per heavy atom. The number of nitrogens with zero attached hydrogens (tertiary/aromatic N) is 2. The number of rotatable bonds is 6. The zero-order valence-electron chi connectivity index (χ0n) is 13.3. The van der Waals surface area contributed by atoms with E-state index >= 15 is 0 Å². The molecule has 0 radical (unpaired) electrons. The molecular weight excluding hydrogens is 304 g/mol. The van der Waals surface area contributed by atoms with E-state index < -0.39 is 0 Å². The van der Waals surface area contributed by atoms with Gasteiger partial charge < -0.3 is 15.2 Å². The van der Waals surface area contributed by atoms with E-state index in [9.17, 15) is 4.79 Å². The molecule has 0 saturated heterocycles. The Kier molecular flexibility index (Phi) is 4.86. The normalized spacial score (nSPS) is 10.4. The number of benzene rings is 2. The lowest BCUT2D eigenvalue weighted by molar-refractivity contribution is 0.0955. The van der Waals surface area contributed by atoms with E-state index in [4.69, 9.17) is 4.52 Å². The van der Waals surface area contributed by atoms with Crippen LogP contribution < -0.4 is 10.6 Å². The highest BCUT2D eigenvalue weighted by Crippen LogP contribution is 2.18. The average molecular weight is 322 g/mol. The van der Waals surface area contributed by atoms with Gasteiger partial charge in [0.15, 0.2) is 0 Å². The van der Waals surface area contributed by atoms with Gasteiger partial charge >= 0.3 is 0 Å². The summed E-state index contributed by atoms with van der Waals surface area (Å²) in [5, 5.41) is 9.80. The Bertz CT molecular complexity index is 815. The first-order valence-electron chi connectivity index (χ1n) is 7.76. The topological polar surface area (TPSA) is 80.0 Å². The van der Waals surface area contributed by atoms with Crippen molar-refractivity contribution in [3.8, 4) is 11.5 Å². The summed E-state index contributed by atoms with van der Waals surface area (Å²) in [5.41, 5.74) is 2.47. The Morgan fingerprint density at radius 1 is 1.12 bits per heavy atom. The maximum Gasteiger partial charge on any atom is 0.264 e. The summed E-state index contributed by atoms with van der Waals surface area (Å²) in [5.74, 6) is 0.803. The molecule has 0 saturated carbocycles. The summed E-state index contributed by atoms with van der Waals surface area (Å²) in [6, 6.07) is 17.0. The number of amides is 1. The second-order valence-electron chi connectivity index (χ2n) is 5.20. The van der Waals surface area contributed by atoms with Crippen LogP contribution in [0.1, 0.15) is 22.8 Å². The Labute approximate surface area is 139 Å². The zero-order valence-corrected chi connectivity index (χ0v) is 13.3. The van der Waals surface area contributed by atoms with E-state index in [1.165, 1.54) is 0 Å². The number of hydrogen-bond acceptors (Lipinski definition) is 5. The van der Waals surface area contributed by atoms with Gasteiger partial charge in [0.25, 0.3) is 17.7 Å². The summed E-state index contributed by atoms with van der Waals surface area (Å²) in [4.78, 5) is 16.2. The largest absolute Gasteiger partial charge is 0.352 e. The lowest BCUT2D eigenvalue weighted by atomic mass is 10.1. The van der Waals surface area contributed by atoms with E-state index in [1.54, 1.807) is 6.07 Å². The molecule has 0 bridgehead atoms. The number of anilines is 1. The molecule has 6 heteroatoms. The highest BCUT2D eigenvalue weighted by molar-refractivity contribution is 5.94. The van der Waals surface area contributed by atoms with Crippen molar-refractivity contribution in [2.24, 2.45) is 0 Å². The van der Waals surface area contributed by atoms with Crippen LogP contribution in [0.3, 0.4) is 0 Å². The first-order valence-corrected chi connectivity index (χ1v) is 7.76. The minimum absolute atomic E-state index is 0.0784. The van der Waals surface area contributed by atoms with Gasteiger partial charge in [-0.2, -0.15) is 4.98 Å². The van der Waals surface area contributed by atoms with Crippen molar-refractivity contribution in [3.63, 3.8) is 0 Å². The van der Waals surface area contributed by atoms with Crippen LogP contribution in [0.2, 0.25) is 0 Å². The first kappa shape index (κ1) is 15.7. The van der Waals surface area contributed by atoms with Crippen molar-refractivity contribution in [1.29, 1.82) is 0 Å². The van der Waals surface area contributed by atoms with Gasteiger partial charge in [0, 0.05) is 24.2 Å². The minimum atomic E-state index is -0.0784. The smallest absolute Gasteiger partial charge is 0.264 e. The molecule has 24 heavy (non-hydrogen) atoms. The minimum Gasteiger partial charge on any atom is -0.352 e. The third-order valence-electron chi connectivity index (χ3n) is 3.42. The van der Waals surface area contributed by atoms with Crippen LogP contribution in [0.5, 0.6) is 0 Å². The molecule has 0 aliphatic rings. The monoisotopic (exact) mass is 322 g/mol. The fourth-order valence-corrected chi connectivity index (χ4v) is 2.26. The summed E-state index contributed by atoms with van der Waals surface area (Å²) in [6.45, 7) is 3.00. The van der Waals surface area contributed by atoms with Gasteiger partial charge in [0.2, 0.25) is 0 Å². The molecule has 0 fully saturated rings. The van der Waals surface area contributed by atoms with Gasteiger partial charge in [-0.3, -0.25) is 4.79 Å². The lowest BCUT2D eigenvalue weighted by Crippen LogP contribution is -2.22. The Balaban J connectivity index is 1.65. The van der Waals surface area contributed by atoms with Crippen LogP contribution >= 0.6 is 0 Å². The standard InChI is InChI=1S/C18H18N4O2/c1-2-19-16(23)15-10-6-7-13(11-15)12-20-18-21-17(24-22-18)14-8-4-3-5-9-14/h3-11H,2,12H2,1H3,(H,19,23)(H,20,22). The molecule has 0 atom stereocenters. The highest BCUT2D eigenvalue weighted by Gasteiger charge is 2.09. The molecular formula is C18H18N4O2. The van der Waals surface area contributed by atoms with Crippen molar-refractivity contribution in [2.45, 2.75) is 13.5 Å². The zero-order chi connectivity index (χ0) is 16.8. The second kappa shape index (κ2) is 7.41. The van der Waals surface area contributed by atoms with Crippen molar-refractivity contribution in [3.05, 3.63) is 65.7 Å². The maximum atomic E-state index is 11.9. The molecule has 0 unspecified atom stereocenters. The summed E-state index contributed by atoms with van der Waals surface area (Å²) < 4.78 is 5.25. The van der Waals surface area contributed by atoms with Crippen LogP contribution in [-0.2, 0) is 6.54 Å². The van der Waals surface area contributed by atoms with E-state index in [0.29, 0.717) is 30.5 Å². The third kappa shape index (κ3) is 3.78. The van der Waals surface area contributed by atoms with E-state index in [2.05, 4.69) is 20.8 Å². The molecule has 6 nitrogen and oxygen atoms in total. The van der Waals surface area contributed by atoms with Crippen LogP contribution in [0.4, 0.5) is 5.95 Å². The second-order valence-corrected chi connectivity index (χ2v) is 5.20. The fourth-order valence-electron chi connectivity index (χ4n) is 2.26. The van der Waals surface area contributed by atoms with Crippen molar-refractivity contribution in [2.75, 3.05) is 11.9 Å². The molecule has 1 aromatic heterocycles. The van der Waals surface area contributed by atoms with Crippen LogP contribution in [0, 0.1) is 0 Å². The molecule has 2 aromatic carbocycles. The third-order valence-corrected chi connectivity index (χ3v) is 3.42.